The maximum absolute atomic E-state index is 14.4. The number of hydrogen-bond acceptors (Lipinski definition) is 19. The van der Waals surface area contributed by atoms with Gasteiger partial charge in [-0.3, -0.25) is 0 Å². The molecule has 2 aromatic carbocycles. The molecule has 0 aliphatic carbocycles. The summed E-state index contributed by atoms with van der Waals surface area (Å²) in [4.78, 5) is 28.6. The van der Waals surface area contributed by atoms with E-state index in [9.17, 15) is 50.4 Å². The van der Waals surface area contributed by atoms with Crippen LogP contribution in [0.3, 0.4) is 0 Å². The van der Waals surface area contributed by atoms with Crippen molar-refractivity contribution in [3.05, 3.63) is 46.5 Å². The maximum Gasteiger partial charge on any atom is 0.339 e. The van der Waals surface area contributed by atoms with E-state index in [1.807, 2.05) is 0 Å². The highest BCUT2D eigenvalue weighted by Crippen LogP contribution is 2.43. The van der Waals surface area contributed by atoms with Crippen molar-refractivity contribution in [2.75, 3.05) is 48.3 Å². The lowest BCUT2D eigenvalue weighted by Crippen LogP contribution is -2.63. The summed E-state index contributed by atoms with van der Waals surface area (Å²) in [5.41, 5.74) is -1.09. The monoisotopic (exact) mass is 752 g/mol. The molecule has 0 spiro atoms. The highest BCUT2D eigenvalue weighted by atomic mass is 16.8. The third kappa shape index (κ3) is 7.43. The average Bonchev–Trinajstić information content (AvgIpc) is 3.42. The van der Waals surface area contributed by atoms with Crippen molar-refractivity contribution in [2.24, 2.45) is 0 Å². The van der Waals surface area contributed by atoms with Gasteiger partial charge in [0.2, 0.25) is 17.3 Å². The molecule has 0 unspecified atom stereocenters. The second kappa shape index (κ2) is 16.1. The van der Waals surface area contributed by atoms with Crippen molar-refractivity contribution in [2.45, 2.75) is 54.8 Å². The van der Waals surface area contributed by atoms with Crippen molar-refractivity contribution in [1.82, 2.24) is 0 Å². The summed E-state index contributed by atoms with van der Waals surface area (Å²) in [6.45, 7) is -2.89. The van der Waals surface area contributed by atoms with Crippen LogP contribution in [0.25, 0.3) is 12.2 Å². The van der Waals surface area contributed by atoms with Gasteiger partial charge >= 0.3 is 11.9 Å². The van der Waals surface area contributed by atoms with E-state index < -0.39 is 103 Å². The van der Waals surface area contributed by atoms with Crippen LogP contribution < -0.4 is 18.9 Å². The fraction of sp³-hybridized carbons (Fsp3) is 0.471. The summed E-state index contributed by atoms with van der Waals surface area (Å²) >= 11 is 0. The number of fused-ring (bicyclic) bond motifs is 3. The largest absolute Gasteiger partial charge is 0.504 e. The van der Waals surface area contributed by atoms with Crippen LogP contribution in [0, 0.1) is 0 Å². The number of ether oxygens (including phenoxy) is 9. The van der Waals surface area contributed by atoms with Crippen molar-refractivity contribution < 1.29 is 93.1 Å². The topological polar surface area (TPSA) is 279 Å². The lowest BCUT2D eigenvalue weighted by Gasteiger charge is -2.43. The second-order valence-electron chi connectivity index (χ2n) is 12.0. The minimum Gasteiger partial charge on any atom is -0.504 e. The number of aromatic hydroxyl groups is 2. The Balaban J connectivity index is 1.79. The van der Waals surface area contributed by atoms with Gasteiger partial charge in [0.05, 0.1) is 46.2 Å². The number of methoxy groups -OCH3 is 4. The van der Waals surface area contributed by atoms with Gasteiger partial charge in [0.15, 0.2) is 35.4 Å². The molecule has 0 aromatic heterocycles. The van der Waals surface area contributed by atoms with Crippen molar-refractivity contribution in [3.63, 3.8) is 0 Å². The average molecular weight is 753 g/mol. The summed E-state index contributed by atoms with van der Waals surface area (Å²) in [6, 6.07) is 5.08. The normalized spacial score (nSPS) is 32.1. The Morgan fingerprint density at radius 2 is 1.43 bits per heavy atom. The van der Waals surface area contributed by atoms with Gasteiger partial charge < -0.3 is 83.5 Å². The molecule has 8 N–H and O–H groups in total. The highest BCUT2D eigenvalue weighted by Gasteiger charge is 2.61. The molecule has 0 radical (unpaired) electrons. The zero-order chi connectivity index (χ0) is 38.8. The van der Waals surface area contributed by atoms with E-state index in [1.54, 1.807) is 0 Å². The molecule has 53 heavy (non-hydrogen) atoms. The lowest BCUT2D eigenvalue weighted by atomic mass is 9.98. The third-order valence-electron chi connectivity index (χ3n) is 8.85. The first-order valence-electron chi connectivity index (χ1n) is 15.9. The number of carbonyl (C=O) groups is 2. The number of esters is 2. The fourth-order valence-electron chi connectivity index (χ4n) is 6.08. The Kier molecular flexibility index (Phi) is 12.0. The number of hydrogen-bond donors (Lipinski definition) is 8. The van der Waals surface area contributed by atoms with Crippen molar-refractivity contribution in [3.8, 4) is 34.5 Å². The third-order valence-corrected chi connectivity index (χ3v) is 8.85. The van der Waals surface area contributed by atoms with Gasteiger partial charge in [0.25, 0.3) is 0 Å². The number of cyclic esters (lactones) is 1. The van der Waals surface area contributed by atoms with Crippen LogP contribution in [-0.2, 0) is 33.3 Å². The van der Waals surface area contributed by atoms with Crippen LogP contribution in [0.15, 0.2) is 35.4 Å². The summed E-state index contributed by atoms with van der Waals surface area (Å²) in [7, 11) is 4.99. The number of phenolic OH excluding ortho intramolecular Hbond substituents is 2. The van der Waals surface area contributed by atoms with Crippen LogP contribution in [0.1, 0.15) is 11.1 Å². The van der Waals surface area contributed by atoms with E-state index in [0.717, 1.165) is 12.2 Å². The van der Waals surface area contributed by atoms with Gasteiger partial charge in [-0.05, 0) is 42.0 Å². The van der Waals surface area contributed by atoms with Crippen molar-refractivity contribution >= 4 is 24.1 Å². The maximum atomic E-state index is 14.4. The van der Waals surface area contributed by atoms with E-state index in [1.165, 1.54) is 52.7 Å². The lowest BCUT2D eigenvalue weighted by molar-refractivity contribution is -0.383. The molecule has 290 valence electrons. The number of carbonyl (C=O) groups excluding carboxylic acids is 2. The van der Waals surface area contributed by atoms with E-state index in [-0.39, 0.29) is 39.9 Å². The van der Waals surface area contributed by atoms with Crippen LogP contribution in [-0.4, -0.2) is 156 Å². The van der Waals surface area contributed by atoms with E-state index in [0.29, 0.717) is 0 Å². The first-order chi connectivity index (χ1) is 25.3. The molecular formula is C34H40O19. The number of aliphatic hydroxyl groups is 6. The molecular weight excluding hydrogens is 712 g/mol. The Bertz CT molecular complexity index is 1720. The Morgan fingerprint density at radius 3 is 2.02 bits per heavy atom. The molecule has 9 atom stereocenters. The van der Waals surface area contributed by atoms with E-state index in [2.05, 4.69) is 0 Å². The molecule has 3 fully saturated rings. The van der Waals surface area contributed by atoms with Gasteiger partial charge in [-0.2, -0.15) is 0 Å². The van der Waals surface area contributed by atoms with Gasteiger partial charge in [-0.25, -0.2) is 9.59 Å². The van der Waals surface area contributed by atoms with Gasteiger partial charge in [-0.1, -0.05) is 0 Å². The second-order valence-corrected chi connectivity index (χ2v) is 12.0. The summed E-state index contributed by atoms with van der Waals surface area (Å²) in [5.74, 6) is -6.44. The zero-order valence-corrected chi connectivity index (χ0v) is 28.8. The van der Waals surface area contributed by atoms with Crippen LogP contribution >= 0.6 is 0 Å². The van der Waals surface area contributed by atoms with Crippen molar-refractivity contribution in [1.29, 1.82) is 0 Å². The predicted molar refractivity (Wildman–Crippen MR) is 175 cm³/mol. The number of rotatable bonds is 8. The molecule has 19 nitrogen and oxygen atoms in total. The van der Waals surface area contributed by atoms with Crippen LogP contribution in [0.5, 0.6) is 34.5 Å². The Hall–Kier alpha value is -4.70. The number of benzene rings is 2. The summed E-state index contributed by atoms with van der Waals surface area (Å²) in [6.07, 6.45) is -12.7. The summed E-state index contributed by atoms with van der Waals surface area (Å²) < 4.78 is 49.5. The molecule has 3 heterocycles. The molecule has 3 aliphatic rings. The Labute approximate surface area is 301 Å². The molecule has 2 aromatic rings. The van der Waals surface area contributed by atoms with E-state index >= 15 is 0 Å². The molecule has 2 bridgehead atoms. The SMILES string of the molecule is COc1cc(/C=C2/C(=O)OC[C@H]3O[C@H](O[C@]4(CO)O[C@H](CO)[C@@H](O)[C@@H]4OC(=O)/C2=C/c2ccc(O)c(OC)c2OC)[C@H](O)[C@@H](O)[C@@H]3O)cc(OC)c1O. The first kappa shape index (κ1) is 39.5. The smallest absolute Gasteiger partial charge is 0.339 e. The summed E-state index contributed by atoms with van der Waals surface area (Å²) in [5, 5.41) is 84.9. The molecule has 19 heteroatoms. The molecule has 3 saturated heterocycles. The number of aliphatic hydroxyl groups excluding tert-OH is 6. The van der Waals surface area contributed by atoms with Gasteiger partial charge in [0.1, 0.15) is 49.8 Å². The predicted octanol–water partition coefficient (Wildman–Crippen LogP) is -1.67. The number of phenols is 2. The molecule has 0 saturated carbocycles. The molecule has 3 aliphatic heterocycles. The van der Waals surface area contributed by atoms with Gasteiger partial charge in [0, 0.05) is 5.56 Å². The van der Waals surface area contributed by atoms with Crippen LogP contribution in [0.4, 0.5) is 0 Å². The fourth-order valence-corrected chi connectivity index (χ4v) is 6.08. The zero-order valence-electron chi connectivity index (χ0n) is 28.8. The first-order valence-corrected chi connectivity index (χ1v) is 15.9. The van der Waals surface area contributed by atoms with Gasteiger partial charge in [-0.15, -0.1) is 0 Å². The standard InChI is InChI=1S/C34H40O19/c1-45-19-8-14(9-20(46-2)23(19)38)7-16-17(10-15-5-6-18(37)29(48-4)28(15)47-3)32(44)51-30-25(40)21(11-35)52-34(30,13-36)53-33-27(42)26(41)24(39)22(50-33)12-49-31(16)43/h5-10,21-22,24-27,30,33,35-42H,11-13H2,1-4H3/b16-7+,17-10+/t21-,22-,24-,25-,26+,27-,30+,33-,34+/m1/s1. The minimum atomic E-state index is -2.58. The highest BCUT2D eigenvalue weighted by molar-refractivity contribution is 6.13. The van der Waals surface area contributed by atoms with Crippen LogP contribution in [0.2, 0.25) is 0 Å². The van der Waals surface area contributed by atoms with E-state index in [4.69, 9.17) is 42.6 Å². The minimum absolute atomic E-state index is 0.0277. The Morgan fingerprint density at radius 1 is 0.792 bits per heavy atom. The molecule has 0 amide bonds. The quantitative estimate of drug-likeness (QED) is 0.111. The molecule has 5 rings (SSSR count).